The molecule has 0 spiro atoms. The molecule has 28 heavy (non-hydrogen) atoms. The van der Waals surface area contributed by atoms with Crippen molar-refractivity contribution in [1.82, 2.24) is 20.4 Å². The standard InChI is InChI=1S/C22H39N5S/c1-22(2,27-12-5-4-6-13-27)18-25-21(23-3)24-15-19-9-7-11-26(16-19)17-20-10-8-14-28-20/h8,10,14,19H,4-7,9,11-13,15-18H2,1-3H3,(H2,23,24,25). The van der Waals surface area contributed by atoms with Crippen LogP contribution in [0.5, 0.6) is 0 Å². The predicted molar refractivity (Wildman–Crippen MR) is 121 cm³/mol. The van der Waals surface area contributed by atoms with Gasteiger partial charge in [0.2, 0.25) is 0 Å². The Balaban J connectivity index is 1.40. The molecule has 6 heteroatoms. The van der Waals surface area contributed by atoms with Gasteiger partial charge in [-0.2, -0.15) is 0 Å². The first-order valence-electron chi connectivity index (χ1n) is 11.0. The molecule has 0 amide bonds. The number of hydrogen-bond acceptors (Lipinski definition) is 4. The highest BCUT2D eigenvalue weighted by Gasteiger charge is 2.28. The van der Waals surface area contributed by atoms with Crippen molar-refractivity contribution in [3.63, 3.8) is 0 Å². The van der Waals surface area contributed by atoms with E-state index < -0.39 is 0 Å². The quantitative estimate of drug-likeness (QED) is 0.539. The average Bonchev–Trinajstić information content (AvgIpc) is 3.22. The summed E-state index contributed by atoms with van der Waals surface area (Å²) in [7, 11) is 1.88. The van der Waals surface area contributed by atoms with E-state index in [9.17, 15) is 0 Å². The lowest BCUT2D eigenvalue weighted by molar-refractivity contribution is 0.0981. The minimum atomic E-state index is 0.167. The molecular weight excluding hydrogens is 366 g/mol. The second kappa shape index (κ2) is 10.6. The second-order valence-corrected chi connectivity index (χ2v) is 10.0. The van der Waals surface area contributed by atoms with Gasteiger partial charge >= 0.3 is 0 Å². The van der Waals surface area contributed by atoms with Crippen LogP contribution >= 0.6 is 11.3 Å². The van der Waals surface area contributed by atoms with Crippen LogP contribution in [0.1, 0.15) is 50.8 Å². The van der Waals surface area contributed by atoms with E-state index >= 15 is 0 Å². The van der Waals surface area contributed by atoms with Crippen LogP contribution in [-0.2, 0) is 6.54 Å². The number of nitrogens with one attached hydrogen (secondary N) is 2. The molecule has 2 aliphatic rings. The Hall–Kier alpha value is -1.11. The lowest BCUT2D eigenvalue weighted by Crippen LogP contribution is -2.55. The van der Waals surface area contributed by atoms with Gasteiger partial charge in [0, 0.05) is 43.6 Å². The van der Waals surface area contributed by atoms with Gasteiger partial charge in [0.1, 0.15) is 0 Å². The summed E-state index contributed by atoms with van der Waals surface area (Å²) in [5.74, 6) is 1.64. The molecule has 3 heterocycles. The number of aliphatic imine (C=N–C) groups is 1. The van der Waals surface area contributed by atoms with Crippen molar-refractivity contribution in [3.05, 3.63) is 22.4 Å². The molecule has 3 rings (SSSR count). The number of thiophene rings is 1. The normalized spacial score (nSPS) is 23.0. The summed E-state index contributed by atoms with van der Waals surface area (Å²) in [5.41, 5.74) is 0.167. The molecule has 2 saturated heterocycles. The molecule has 0 aromatic carbocycles. The average molecular weight is 406 g/mol. The minimum Gasteiger partial charge on any atom is -0.356 e. The lowest BCUT2D eigenvalue weighted by atomic mass is 9.98. The molecule has 158 valence electrons. The summed E-state index contributed by atoms with van der Waals surface area (Å²) in [6, 6.07) is 4.41. The summed E-state index contributed by atoms with van der Waals surface area (Å²) in [4.78, 5) is 11.2. The Morgan fingerprint density at radius 2 is 2.00 bits per heavy atom. The maximum Gasteiger partial charge on any atom is 0.191 e. The highest BCUT2D eigenvalue weighted by atomic mass is 32.1. The number of nitrogens with zero attached hydrogens (tertiary/aromatic N) is 3. The fourth-order valence-corrected chi connectivity index (χ4v) is 5.20. The van der Waals surface area contributed by atoms with E-state index in [0.29, 0.717) is 5.92 Å². The number of likely N-dealkylation sites (tertiary alicyclic amines) is 2. The predicted octanol–water partition coefficient (Wildman–Crippen LogP) is 3.39. The molecule has 0 radical (unpaired) electrons. The number of piperidine rings is 2. The SMILES string of the molecule is CN=C(NCC1CCCN(Cc2cccs2)C1)NCC(C)(C)N1CCCCC1. The molecule has 0 aliphatic carbocycles. The third-order valence-corrected chi connectivity index (χ3v) is 7.11. The first-order chi connectivity index (χ1) is 13.6. The van der Waals surface area contributed by atoms with E-state index in [1.165, 1.54) is 63.2 Å². The first-order valence-corrected chi connectivity index (χ1v) is 11.9. The lowest BCUT2D eigenvalue weighted by Gasteiger charge is -2.41. The minimum absolute atomic E-state index is 0.167. The molecule has 1 aromatic heterocycles. The Morgan fingerprint density at radius 3 is 2.71 bits per heavy atom. The van der Waals surface area contributed by atoms with Gasteiger partial charge in [-0.15, -0.1) is 11.3 Å². The Labute approximate surface area is 175 Å². The number of rotatable bonds is 7. The van der Waals surface area contributed by atoms with Crippen molar-refractivity contribution >= 4 is 17.3 Å². The number of guanidine groups is 1. The van der Waals surface area contributed by atoms with Crippen LogP contribution in [0, 0.1) is 5.92 Å². The van der Waals surface area contributed by atoms with Crippen molar-refractivity contribution in [2.75, 3.05) is 46.3 Å². The molecule has 0 saturated carbocycles. The molecule has 0 bridgehead atoms. The molecule has 5 nitrogen and oxygen atoms in total. The zero-order chi connectivity index (χ0) is 19.8. The molecule has 1 aromatic rings. The Kier molecular flexibility index (Phi) is 8.18. The van der Waals surface area contributed by atoms with E-state index in [1.54, 1.807) is 0 Å². The summed E-state index contributed by atoms with van der Waals surface area (Å²) < 4.78 is 0. The van der Waals surface area contributed by atoms with Crippen LogP contribution in [0.25, 0.3) is 0 Å². The van der Waals surface area contributed by atoms with E-state index in [0.717, 1.165) is 25.6 Å². The summed E-state index contributed by atoms with van der Waals surface area (Å²) in [5, 5.41) is 9.35. The van der Waals surface area contributed by atoms with Gasteiger partial charge in [0.15, 0.2) is 5.96 Å². The van der Waals surface area contributed by atoms with Crippen LogP contribution in [0.3, 0.4) is 0 Å². The Bertz CT molecular complexity index is 592. The summed E-state index contributed by atoms with van der Waals surface area (Å²) in [6.45, 7) is 12.6. The van der Waals surface area contributed by atoms with Gasteiger partial charge in [-0.05, 0) is 76.5 Å². The Morgan fingerprint density at radius 1 is 1.18 bits per heavy atom. The zero-order valence-electron chi connectivity index (χ0n) is 18.0. The molecule has 2 aliphatic heterocycles. The third-order valence-electron chi connectivity index (χ3n) is 6.25. The van der Waals surface area contributed by atoms with Crippen LogP contribution in [0.15, 0.2) is 22.5 Å². The highest BCUT2D eigenvalue weighted by Crippen LogP contribution is 2.21. The van der Waals surface area contributed by atoms with Gasteiger partial charge in [0.25, 0.3) is 0 Å². The fraction of sp³-hybridized carbons (Fsp3) is 0.773. The van der Waals surface area contributed by atoms with Crippen molar-refractivity contribution in [2.45, 2.75) is 58.0 Å². The molecular formula is C22H39N5S. The topological polar surface area (TPSA) is 42.9 Å². The van der Waals surface area contributed by atoms with Gasteiger partial charge in [-0.25, -0.2) is 0 Å². The van der Waals surface area contributed by atoms with E-state index in [1.807, 2.05) is 18.4 Å². The highest BCUT2D eigenvalue weighted by molar-refractivity contribution is 7.09. The fourth-order valence-electron chi connectivity index (χ4n) is 4.46. The van der Waals surface area contributed by atoms with Gasteiger partial charge < -0.3 is 10.6 Å². The maximum absolute atomic E-state index is 4.46. The van der Waals surface area contributed by atoms with Crippen LogP contribution in [-0.4, -0.2) is 67.6 Å². The second-order valence-electron chi connectivity index (χ2n) is 8.99. The van der Waals surface area contributed by atoms with Crippen molar-refractivity contribution in [2.24, 2.45) is 10.9 Å². The summed E-state index contributed by atoms with van der Waals surface area (Å²) in [6.07, 6.45) is 6.66. The van der Waals surface area contributed by atoms with Crippen LogP contribution in [0.4, 0.5) is 0 Å². The van der Waals surface area contributed by atoms with Gasteiger partial charge in [-0.3, -0.25) is 14.8 Å². The van der Waals surface area contributed by atoms with Gasteiger partial charge in [-0.1, -0.05) is 12.5 Å². The van der Waals surface area contributed by atoms with E-state index in [4.69, 9.17) is 0 Å². The molecule has 1 unspecified atom stereocenters. The third kappa shape index (κ3) is 6.46. The maximum atomic E-state index is 4.46. The summed E-state index contributed by atoms with van der Waals surface area (Å²) >= 11 is 1.87. The zero-order valence-corrected chi connectivity index (χ0v) is 18.9. The van der Waals surface area contributed by atoms with E-state index in [-0.39, 0.29) is 5.54 Å². The number of hydrogen-bond donors (Lipinski definition) is 2. The monoisotopic (exact) mass is 405 g/mol. The molecule has 2 N–H and O–H groups in total. The first kappa shape index (κ1) is 21.6. The van der Waals surface area contributed by atoms with E-state index in [2.05, 4.69) is 56.8 Å². The van der Waals surface area contributed by atoms with Crippen LogP contribution in [0.2, 0.25) is 0 Å². The van der Waals surface area contributed by atoms with Crippen molar-refractivity contribution in [3.8, 4) is 0 Å². The smallest absolute Gasteiger partial charge is 0.191 e. The molecule has 1 atom stereocenters. The van der Waals surface area contributed by atoms with Crippen LogP contribution < -0.4 is 10.6 Å². The van der Waals surface area contributed by atoms with Gasteiger partial charge in [0.05, 0.1) is 0 Å². The van der Waals surface area contributed by atoms with Crippen molar-refractivity contribution in [1.29, 1.82) is 0 Å². The molecule has 2 fully saturated rings. The van der Waals surface area contributed by atoms with Crippen molar-refractivity contribution < 1.29 is 0 Å². The largest absolute Gasteiger partial charge is 0.356 e.